The Balaban J connectivity index is 1.95. The van der Waals surface area contributed by atoms with Crippen LogP contribution >= 0.6 is 11.6 Å². The first kappa shape index (κ1) is 20.4. The Morgan fingerprint density at radius 1 is 1.23 bits per heavy atom. The summed E-state index contributed by atoms with van der Waals surface area (Å²) in [5.74, 6) is 1.15. The van der Waals surface area contributed by atoms with E-state index in [1.54, 1.807) is 41.0 Å². The fourth-order valence-corrected chi connectivity index (χ4v) is 3.83. The SMILES string of the molecule is CCOc1cc(Cl)ccc1-n1c(CN2CCNCC2)nc2ccc(C#N)cc2c1=O. The maximum absolute atomic E-state index is 13.6. The van der Waals surface area contributed by atoms with Crippen molar-refractivity contribution < 1.29 is 4.74 Å². The molecule has 8 heteroatoms. The van der Waals surface area contributed by atoms with E-state index < -0.39 is 0 Å². The first-order valence-corrected chi connectivity index (χ1v) is 10.3. The molecule has 0 radical (unpaired) electrons. The molecule has 1 saturated heterocycles. The van der Waals surface area contributed by atoms with Gasteiger partial charge in [0.2, 0.25) is 0 Å². The van der Waals surface area contributed by atoms with Crippen molar-refractivity contribution in [2.24, 2.45) is 0 Å². The van der Waals surface area contributed by atoms with Gasteiger partial charge in [0.1, 0.15) is 11.6 Å². The molecule has 2 heterocycles. The smallest absolute Gasteiger partial charge is 0.266 e. The van der Waals surface area contributed by atoms with Crippen LogP contribution in [0.15, 0.2) is 41.2 Å². The molecule has 2 aromatic carbocycles. The summed E-state index contributed by atoms with van der Waals surface area (Å²) in [4.78, 5) is 20.7. The zero-order valence-corrected chi connectivity index (χ0v) is 17.4. The van der Waals surface area contributed by atoms with Crippen molar-refractivity contribution in [1.29, 1.82) is 5.26 Å². The van der Waals surface area contributed by atoms with Crippen molar-refractivity contribution in [2.45, 2.75) is 13.5 Å². The summed E-state index contributed by atoms with van der Waals surface area (Å²) >= 11 is 6.18. The molecular weight excluding hydrogens is 402 g/mol. The number of piperazine rings is 1. The number of benzene rings is 2. The molecule has 30 heavy (non-hydrogen) atoms. The summed E-state index contributed by atoms with van der Waals surface area (Å²) < 4.78 is 7.37. The van der Waals surface area contributed by atoms with Crippen LogP contribution in [0.4, 0.5) is 0 Å². The van der Waals surface area contributed by atoms with Gasteiger partial charge in [0.15, 0.2) is 0 Å². The van der Waals surface area contributed by atoms with E-state index >= 15 is 0 Å². The third-order valence-corrected chi connectivity index (χ3v) is 5.34. The van der Waals surface area contributed by atoms with Gasteiger partial charge in [-0.05, 0) is 37.3 Å². The Kier molecular flexibility index (Phi) is 6.00. The van der Waals surface area contributed by atoms with E-state index in [0.29, 0.717) is 51.9 Å². The lowest BCUT2D eigenvalue weighted by atomic mass is 10.1. The number of aromatic nitrogens is 2. The number of rotatable bonds is 5. The topological polar surface area (TPSA) is 83.2 Å². The lowest BCUT2D eigenvalue weighted by Gasteiger charge is -2.28. The standard InChI is InChI=1S/C22H22ClN5O2/c1-2-30-20-12-16(23)4-6-19(20)28-21(14-27-9-7-25-8-10-27)26-18-5-3-15(13-24)11-17(18)22(28)29/h3-6,11-12,25H,2,7-10,14H2,1H3. The number of ether oxygens (including phenoxy) is 1. The second kappa shape index (κ2) is 8.84. The molecule has 0 amide bonds. The van der Waals surface area contributed by atoms with E-state index in [-0.39, 0.29) is 5.56 Å². The van der Waals surface area contributed by atoms with Crippen molar-refractivity contribution in [3.8, 4) is 17.5 Å². The fraction of sp³-hybridized carbons (Fsp3) is 0.318. The molecule has 0 unspecified atom stereocenters. The van der Waals surface area contributed by atoms with E-state index in [2.05, 4.69) is 16.3 Å². The van der Waals surface area contributed by atoms with E-state index in [9.17, 15) is 10.1 Å². The molecule has 1 N–H and O–H groups in total. The quantitative estimate of drug-likeness (QED) is 0.679. The van der Waals surface area contributed by atoms with Gasteiger partial charge in [-0.15, -0.1) is 0 Å². The van der Waals surface area contributed by atoms with Crippen LogP contribution in [0, 0.1) is 11.3 Å². The average Bonchev–Trinajstić information content (AvgIpc) is 2.76. The van der Waals surface area contributed by atoms with Crippen LogP contribution in [0.2, 0.25) is 5.02 Å². The molecule has 154 valence electrons. The summed E-state index contributed by atoms with van der Waals surface area (Å²) in [6.45, 7) is 6.40. The van der Waals surface area contributed by atoms with Gasteiger partial charge in [0.05, 0.1) is 41.4 Å². The largest absolute Gasteiger partial charge is 0.492 e. The second-order valence-corrected chi connectivity index (χ2v) is 7.52. The molecular formula is C22H22ClN5O2. The number of hydrogen-bond donors (Lipinski definition) is 1. The third kappa shape index (κ3) is 4.03. The Hall–Kier alpha value is -2.92. The molecule has 0 atom stereocenters. The molecule has 1 aliphatic heterocycles. The van der Waals surface area contributed by atoms with E-state index in [1.165, 1.54) is 0 Å². The lowest BCUT2D eigenvalue weighted by Crippen LogP contribution is -2.44. The molecule has 1 fully saturated rings. The molecule has 0 spiro atoms. The molecule has 4 rings (SSSR count). The lowest BCUT2D eigenvalue weighted by molar-refractivity contribution is 0.226. The predicted molar refractivity (Wildman–Crippen MR) is 116 cm³/mol. The normalized spacial score (nSPS) is 14.6. The van der Waals surface area contributed by atoms with E-state index in [0.717, 1.165) is 26.2 Å². The Labute approximate surface area is 179 Å². The van der Waals surface area contributed by atoms with Gasteiger partial charge in [-0.25, -0.2) is 4.98 Å². The van der Waals surface area contributed by atoms with E-state index in [1.807, 2.05) is 6.92 Å². The highest BCUT2D eigenvalue weighted by Gasteiger charge is 2.20. The Morgan fingerprint density at radius 2 is 2.03 bits per heavy atom. The van der Waals surface area contributed by atoms with Gasteiger partial charge in [-0.1, -0.05) is 11.6 Å². The number of fused-ring (bicyclic) bond motifs is 1. The van der Waals surface area contributed by atoms with Crippen LogP contribution in [-0.4, -0.2) is 47.2 Å². The van der Waals surface area contributed by atoms with Gasteiger partial charge >= 0.3 is 0 Å². The first-order valence-electron chi connectivity index (χ1n) is 9.92. The van der Waals surface area contributed by atoms with Crippen LogP contribution in [0.3, 0.4) is 0 Å². The average molecular weight is 424 g/mol. The highest BCUT2D eigenvalue weighted by Crippen LogP contribution is 2.28. The fourth-order valence-electron chi connectivity index (χ4n) is 3.67. The van der Waals surface area contributed by atoms with Crippen LogP contribution in [0.1, 0.15) is 18.3 Å². The Morgan fingerprint density at radius 3 is 2.77 bits per heavy atom. The van der Waals surface area contributed by atoms with Crippen LogP contribution < -0.4 is 15.6 Å². The minimum Gasteiger partial charge on any atom is -0.492 e. The number of hydrogen-bond acceptors (Lipinski definition) is 6. The van der Waals surface area contributed by atoms with E-state index in [4.69, 9.17) is 21.3 Å². The number of nitriles is 1. The monoisotopic (exact) mass is 423 g/mol. The minimum absolute atomic E-state index is 0.231. The zero-order valence-electron chi connectivity index (χ0n) is 16.7. The van der Waals surface area contributed by atoms with Crippen LogP contribution in [0.5, 0.6) is 5.75 Å². The minimum atomic E-state index is -0.231. The van der Waals surface area contributed by atoms with Gasteiger partial charge < -0.3 is 10.1 Å². The molecule has 0 saturated carbocycles. The maximum atomic E-state index is 13.6. The number of nitrogens with one attached hydrogen (secondary N) is 1. The van der Waals surface area contributed by atoms with Crippen molar-refractivity contribution in [1.82, 2.24) is 19.8 Å². The summed E-state index contributed by atoms with van der Waals surface area (Å²) in [6.07, 6.45) is 0. The summed E-state index contributed by atoms with van der Waals surface area (Å²) in [6, 6.07) is 12.3. The van der Waals surface area contributed by atoms with Crippen molar-refractivity contribution in [2.75, 3.05) is 32.8 Å². The zero-order chi connectivity index (χ0) is 21.1. The van der Waals surface area contributed by atoms with Crippen LogP contribution in [-0.2, 0) is 6.54 Å². The van der Waals surface area contributed by atoms with Gasteiger partial charge in [-0.2, -0.15) is 5.26 Å². The second-order valence-electron chi connectivity index (χ2n) is 7.08. The van der Waals surface area contributed by atoms with Gasteiger partial charge in [-0.3, -0.25) is 14.3 Å². The predicted octanol–water partition coefficient (Wildman–Crippen LogP) is 2.71. The van der Waals surface area contributed by atoms with Crippen LogP contribution in [0.25, 0.3) is 16.6 Å². The highest BCUT2D eigenvalue weighted by atomic mass is 35.5. The maximum Gasteiger partial charge on any atom is 0.266 e. The van der Waals surface area contributed by atoms with Crippen molar-refractivity contribution >= 4 is 22.5 Å². The molecule has 1 aliphatic rings. The summed E-state index contributed by atoms with van der Waals surface area (Å²) in [5.41, 5.74) is 1.36. The molecule has 7 nitrogen and oxygen atoms in total. The van der Waals surface area contributed by atoms with Crippen molar-refractivity contribution in [3.63, 3.8) is 0 Å². The Bertz CT molecular complexity index is 1180. The highest BCUT2D eigenvalue weighted by molar-refractivity contribution is 6.30. The molecule has 0 bridgehead atoms. The molecule has 1 aromatic heterocycles. The first-order chi connectivity index (χ1) is 14.6. The summed E-state index contributed by atoms with van der Waals surface area (Å²) in [7, 11) is 0. The third-order valence-electron chi connectivity index (χ3n) is 5.10. The van der Waals surface area contributed by atoms with Gasteiger partial charge in [0, 0.05) is 37.3 Å². The summed E-state index contributed by atoms with van der Waals surface area (Å²) in [5, 5.41) is 13.5. The molecule has 3 aromatic rings. The molecule has 0 aliphatic carbocycles. The van der Waals surface area contributed by atoms with Gasteiger partial charge in [0.25, 0.3) is 5.56 Å². The number of nitrogens with zero attached hydrogens (tertiary/aromatic N) is 4. The van der Waals surface area contributed by atoms with Crippen molar-refractivity contribution in [3.05, 3.63) is 63.2 Å². The number of halogens is 1.